The average molecular weight is 248 g/mol. The molecule has 0 aromatic heterocycles. The van der Waals surface area contributed by atoms with E-state index >= 15 is 0 Å². The van der Waals surface area contributed by atoms with Crippen molar-refractivity contribution in [3.05, 3.63) is 77.4 Å². The number of hydrogen-bond acceptors (Lipinski definition) is 1. The van der Waals surface area contributed by atoms with Gasteiger partial charge in [0.2, 0.25) is 0 Å². The first-order valence-electron chi connectivity index (χ1n) is 6.23. The van der Waals surface area contributed by atoms with E-state index in [2.05, 4.69) is 11.8 Å². The second kappa shape index (κ2) is 6.58. The molecule has 94 valence electrons. The van der Waals surface area contributed by atoms with Gasteiger partial charge in [-0.2, -0.15) is 0 Å². The molecule has 0 aliphatic heterocycles. The van der Waals surface area contributed by atoms with Crippen LogP contribution < -0.4 is 0 Å². The van der Waals surface area contributed by atoms with E-state index in [1.165, 1.54) is 0 Å². The largest absolute Gasteiger partial charge is 0.376 e. The van der Waals surface area contributed by atoms with Crippen LogP contribution in [-0.4, -0.2) is 11.2 Å². The lowest BCUT2D eigenvalue weighted by Crippen LogP contribution is -2.04. The van der Waals surface area contributed by atoms with Crippen LogP contribution in [0.5, 0.6) is 0 Å². The van der Waals surface area contributed by atoms with E-state index in [0.29, 0.717) is 0 Å². The molecule has 0 aliphatic carbocycles. The van der Waals surface area contributed by atoms with Crippen molar-refractivity contribution in [3.8, 4) is 11.8 Å². The minimum atomic E-state index is -0.736. The predicted octanol–water partition coefficient (Wildman–Crippen LogP) is 3.50. The Hall–Kier alpha value is -2.30. The van der Waals surface area contributed by atoms with Crippen molar-refractivity contribution in [2.45, 2.75) is 13.0 Å². The van der Waals surface area contributed by atoms with Gasteiger partial charge in [0.15, 0.2) is 0 Å². The maximum atomic E-state index is 10.00. The van der Waals surface area contributed by atoms with Crippen LogP contribution in [0.1, 0.15) is 18.1 Å². The zero-order chi connectivity index (χ0) is 13.5. The van der Waals surface area contributed by atoms with E-state index in [9.17, 15) is 5.11 Å². The molecule has 0 saturated carbocycles. The first-order chi connectivity index (χ1) is 9.25. The number of aliphatic hydroxyl groups is 1. The molecule has 2 rings (SSSR count). The molecular weight excluding hydrogens is 232 g/mol. The SMILES string of the molecule is C/C(=C\c1ccccc1)C(O)C#Cc1ccccc1. The molecule has 0 aliphatic rings. The van der Waals surface area contributed by atoms with Crippen molar-refractivity contribution < 1.29 is 5.11 Å². The van der Waals surface area contributed by atoms with Gasteiger partial charge in [0.25, 0.3) is 0 Å². The van der Waals surface area contributed by atoms with Crippen molar-refractivity contribution >= 4 is 6.08 Å². The van der Waals surface area contributed by atoms with Crippen molar-refractivity contribution in [1.29, 1.82) is 0 Å². The van der Waals surface area contributed by atoms with Crippen molar-refractivity contribution in [2.24, 2.45) is 0 Å². The normalized spacial score (nSPS) is 12.4. The van der Waals surface area contributed by atoms with E-state index in [4.69, 9.17) is 0 Å². The fourth-order valence-corrected chi connectivity index (χ4v) is 1.68. The zero-order valence-corrected chi connectivity index (χ0v) is 10.9. The van der Waals surface area contributed by atoms with Crippen LogP contribution in [0.25, 0.3) is 6.08 Å². The maximum Gasteiger partial charge on any atom is 0.136 e. The Labute approximate surface area is 114 Å². The second-order valence-electron chi connectivity index (χ2n) is 4.34. The molecule has 1 nitrogen and oxygen atoms in total. The van der Waals surface area contributed by atoms with Gasteiger partial charge in [-0.25, -0.2) is 0 Å². The van der Waals surface area contributed by atoms with Gasteiger partial charge in [0.05, 0.1) is 0 Å². The smallest absolute Gasteiger partial charge is 0.136 e. The van der Waals surface area contributed by atoms with E-state index in [-0.39, 0.29) is 0 Å². The Morgan fingerprint density at radius 2 is 1.58 bits per heavy atom. The van der Waals surface area contributed by atoms with Crippen molar-refractivity contribution in [3.63, 3.8) is 0 Å². The van der Waals surface area contributed by atoms with E-state index in [1.807, 2.05) is 73.7 Å². The first-order valence-corrected chi connectivity index (χ1v) is 6.23. The second-order valence-corrected chi connectivity index (χ2v) is 4.34. The molecule has 0 radical (unpaired) electrons. The molecule has 1 N–H and O–H groups in total. The predicted molar refractivity (Wildman–Crippen MR) is 79.4 cm³/mol. The standard InChI is InChI=1S/C18H16O/c1-15(14-17-10-6-3-7-11-17)18(19)13-12-16-8-4-2-5-9-16/h2-11,14,18-19H,1H3/b15-14+. The highest BCUT2D eigenvalue weighted by Gasteiger charge is 2.01. The van der Waals surface area contributed by atoms with Crippen molar-refractivity contribution in [1.82, 2.24) is 0 Å². The fraction of sp³-hybridized carbons (Fsp3) is 0.111. The average Bonchev–Trinajstić information content (AvgIpc) is 2.47. The highest BCUT2D eigenvalue weighted by atomic mass is 16.3. The molecular formula is C18H16O. The first kappa shape index (κ1) is 13.1. The van der Waals surface area contributed by atoms with Crippen LogP contribution in [0.2, 0.25) is 0 Å². The quantitative estimate of drug-likeness (QED) is 0.806. The van der Waals surface area contributed by atoms with Crippen LogP contribution in [0, 0.1) is 11.8 Å². The summed E-state index contributed by atoms with van der Waals surface area (Å²) in [5.41, 5.74) is 2.82. The van der Waals surface area contributed by atoms with Gasteiger partial charge in [-0.15, -0.1) is 0 Å². The van der Waals surface area contributed by atoms with Crippen LogP contribution in [0.4, 0.5) is 0 Å². The van der Waals surface area contributed by atoms with Crippen LogP contribution >= 0.6 is 0 Å². The Morgan fingerprint density at radius 1 is 1.00 bits per heavy atom. The molecule has 1 heteroatoms. The highest BCUT2D eigenvalue weighted by molar-refractivity contribution is 5.54. The molecule has 1 atom stereocenters. The molecule has 0 heterocycles. The molecule has 0 bridgehead atoms. The molecule has 0 spiro atoms. The summed E-state index contributed by atoms with van der Waals surface area (Å²) in [5.74, 6) is 5.83. The van der Waals surface area contributed by atoms with Gasteiger partial charge in [-0.1, -0.05) is 66.4 Å². The van der Waals surface area contributed by atoms with Gasteiger partial charge in [-0.3, -0.25) is 0 Å². The number of rotatable bonds is 2. The van der Waals surface area contributed by atoms with Crippen LogP contribution in [0.15, 0.2) is 66.2 Å². The van der Waals surface area contributed by atoms with Gasteiger partial charge in [-0.05, 0) is 30.2 Å². The Kier molecular flexibility index (Phi) is 4.55. The van der Waals surface area contributed by atoms with Crippen molar-refractivity contribution in [2.75, 3.05) is 0 Å². The third kappa shape index (κ3) is 4.13. The molecule has 0 fully saturated rings. The summed E-state index contributed by atoms with van der Waals surface area (Å²) in [6.45, 7) is 1.89. The summed E-state index contributed by atoms with van der Waals surface area (Å²) in [6, 6.07) is 19.6. The van der Waals surface area contributed by atoms with Crippen LogP contribution in [-0.2, 0) is 0 Å². The highest BCUT2D eigenvalue weighted by Crippen LogP contribution is 2.09. The van der Waals surface area contributed by atoms with Gasteiger partial charge in [0.1, 0.15) is 6.10 Å². The molecule has 2 aromatic carbocycles. The van der Waals surface area contributed by atoms with E-state index in [0.717, 1.165) is 16.7 Å². The monoisotopic (exact) mass is 248 g/mol. The lowest BCUT2D eigenvalue weighted by atomic mass is 10.1. The minimum absolute atomic E-state index is 0.736. The summed E-state index contributed by atoms with van der Waals surface area (Å²) in [6.07, 6.45) is 1.21. The molecule has 0 amide bonds. The number of aliphatic hydroxyl groups excluding tert-OH is 1. The minimum Gasteiger partial charge on any atom is -0.376 e. The maximum absolute atomic E-state index is 10.00. The van der Waals surface area contributed by atoms with Gasteiger partial charge >= 0.3 is 0 Å². The molecule has 2 aromatic rings. The Balaban J connectivity index is 2.10. The Morgan fingerprint density at radius 3 is 2.21 bits per heavy atom. The Bertz CT molecular complexity index is 600. The summed E-state index contributed by atoms with van der Waals surface area (Å²) in [5, 5.41) is 10.00. The van der Waals surface area contributed by atoms with Gasteiger partial charge in [0, 0.05) is 5.56 Å². The molecule has 19 heavy (non-hydrogen) atoms. The third-order valence-corrected chi connectivity index (χ3v) is 2.75. The molecule has 1 unspecified atom stereocenters. The summed E-state index contributed by atoms with van der Waals surface area (Å²) in [4.78, 5) is 0. The van der Waals surface area contributed by atoms with Crippen LogP contribution in [0.3, 0.4) is 0 Å². The van der Waals surface area contributed by atoms with E-state index < -0.39 is 6.10 Å². The lowest BCUT2D eigenvalue weighted by Gasteiger charge is -2.03. The van der Waals surface area contributed by atoms with E-state index in [1.54, 1.807) is 0 Å². The van der Waals surface area contributed by atoms with Gasteiger partial charge < -0.3 is 5.11 Å². The topological polar surface area (TPSA) is 20.2 Å². The fourth-order valence-electron chi connectivity index (χ4n) is 1.68. The third-order valence-electron chi connectivity index (χ3n) is 2.75. The molecule has 0 saturated heterocycles. The zero-order valence-electron chi connectivity index (χ0n) is 10.9. The lowest BCUT2D eigenvalue weighted by molar-refractivity contribution is 0.269. The number of hydrogen-bond donors (Lipinski definition) is 1. The summed E-state index contributed by atoms with van der Waals surface area (Å²) >= 11 is 0. The summed E-state index contributed by atoms with van der Waals surface area (Å²) < 4.78 is 0. The number of benzene rings is 2. The summed E-state index contributed by atoms with van der Waals surface area (Å²) in [7, 11) is 0.